The molecule has 3 aromatic rings. The molecule has 1 aromatic carbocycles. The quantitative estimate of drug-likeness (QED) is 0.365. The van der Waals surface area contributed by atoms with E-state index in [4.69, 9.17) is 4.74 Å². The average molecular weight is 387 g/mol. The number of carbonyl (C=O) groups is 2. The number of aromatic nitrogens is 3. The van der Waals surface area contributed by atoms with E-state index in [9.17, 15) is 9.59 Å². The summed E-state index contributed by atoms with van der Waals surface area (Å²) in [6.07, 6.45) is 0. The molecule has 0 aliphatic rings. The van der Waals surface area contributed by atoms with Crippen molar-refractivity contribution in [1.29, 1.82) is 0 Å². The Morgan fingerprint density at radius 2 is 1.96 bits per heavy atom. The molecule has 0 saturated carbocycles. The Labute approximate surface area is 159 Å². The van der Waals surface area contributed by atoms with Crippen LogP contribution >= 0.6 is 23.1 Å². The molecule has 0 fully saturated rings. The van der Waals surface area contributed by atoms with E-state index in [-0.39, 0.29) is 11.8 Å². The van der Waals surface area contributed by atoms with Gasteiger partial charge in [0.1, 0.15) is 5.51 Å². The summed E-state index contributed by atoms with van der Waals surface area (Å²) >= 11 is 2.81. The number of hydrogen-bond acceptors (Lipinski definition) is 7. The second-order valence-electron chi connectivity index (χ2n) is 5.58. The molecule has 0 aliphatic carbocycles. The highest BCUT2D eigenvalue weighted by molar-refractivity contribution is 8.01. The highest BCUT2D eigenvalue weighted by atomic mass is 32.2. The van der Waals surface area contributed by atoms with Crippen molar-refractivity contribution in [2.45, 2.75) is 18.2 Å². The first-order valence-electron chi connectivity index (χ1n) is 7.81. The zero-order valence-corrected chi connectivity index (χ0v) is 16.2. The SMILES string of the molecule is COC(=O)c1ccc(-n2c(C)cc(C(=O)CSc3nncs3)c2C)cc1. The summed E-state index contributed by atoms with van der Waals surface area (Å²) in [5.41, 5.74) is 5.55. The zero-order valence-electron chi connectivity index (χ0n) is 14.6. The van der Waals surface area contributed by atoms with Crippen LogP contribution in [0.4, 0.5) is 0 Å². The van der Waals surface area contributed by atoms with Gasteiger partial charge in [0.2, 0.25) is 0 Å². The number of esters is 1. The fraction of sp³-hybridized carbons (Fsp3) is 0.222. The maximum absolute atomic E-state index is 12.6. The monoisotopic (exact) mass is 387 g/mol. The van der Waals surface area contributed by atoms with Crippen molar-refractivity contribution in [1.82, 2.24) is 14.8 Å². The van der Waals surface area contributed by atoms with E-state index in [0.29, 0.717) is 16.9 Å². The normalized spacial score (nSPS) is 10.7. The van der Waals surface area contributed by atoms with Crippen molar-refractivity contribution >= 4 is 34.9 Å². The molecule has 0 atom stereocenters. The lowest BCUT2D eigenvalue weighted by Crippen LogP contribution is -2.06. The Morgan fingerprint density at radius 1 is 1.23 bits per heavy atom. The number of ether oxygens (including phenoxy) is 1. The average Bonchev–Trinajstić information content (AvgIpc) is 3.27. The van der Waals surface area contributed by atoms with Crippen LogP contribution in [0, 0.1) is 13.8 Å². The molecule has 0 radical (unpaired) electrons. The number of Topliss-reactive ketones (excluding diaryl/α,β-unsaturated/α-hetero) is 1. The summed E-state index contributed by atoms with van der Waals surface area (Å²) < 4.78 is 7.51. The Bertz CT molecular complexity index is 932. The minimum Gasteiger partial charge on any atom is -0.465 e. The van der Waals surface area contributed by atoms with Gasteiger partial charge < -0.3 is 9.30 Å². The molecule has 0 saturated heterocycles. The van der Waals surface area contributed by atoms with Gasteiger partial charge in [-0.1, -0.05) is 23.1 Å². The van der Waals surface area contributed by atoms with E-state index in [2.05, 4.69) is 10.2 Å². The van der Waals surface area contributed by atoms with Crippen LogP contribution in [-0.2, 0) is 4.74 Å². The second kappa shape index (κ2) is 7.84. The second-order valence-corrected chi connectivity index (χ2v) is 7.63. The Balaban J connectivity index is 1.83. The highest BCUT2D eigenvalue weighted by Crippen LogP contribution is 2.25. The lowest BCUT2D eigenvalue weighted by molar-refractivity contribution is 0.0600. The van der Waals surface area contributed by atoms with Crippen LogP contribution in [0.3, 0.4) is 0 Å². The van der Waals surface area contributed by atoms with Crippen LogP contribution < -0.4 is 0 Å². The topological polar surface area (TPSA) is 74.1 Å². The van der Waals surface area contributed by atoms with Crippen LogP contribution in [0.25, 0.3) is 5.69 Å². The van der Waals surface area contributed by atoms with Gasteiger partial charge in [0, 0.05) is 22.6 Å². The first-order chi connectivity index (χ1) is 12.5. The minimum atomic E-state index is -0.373. The Morgan fingerprint density at radius 3 is 2.58 bits per heavy atom. The highest BCUT2D eigenvalue weighted by Gasteiger charge is 2.17. The first kappa shape index (κ1) is 18.3. The van der Waals surface area contributed by atoms with Gasteiger partial charge in [-0.2, -0.15) is 0 Å². The third kappa shape index (κ3) is 3.71. The van der Waals surface area contributed by atoms with Crippen LogP contribution in [-0.4, -0.2) is 39.4 Å². The number of ketones is 1. The molecule has 26 heavy (non-hydrogen) atoms. The van der Waals surface area contributed by atoms with Crippen LogP contribution in [0.1, 0.15) is 32.1 Å². The number of thioether (sulfide) groups is 1. The van der Waals surface area contributed by atoms with E-state index in [1.165, 1.54) is 30.2 Å². The number of nitrogens with zero attached hydrogens (tertiary/aromatic N) is 3. The molecule has 3 rings (SSSR count). The first-order valence-corrected chi connectivity index (χ1v) is 9.67. The predicted octanol–water partition coefficient (Wildman–Crippen LogP) is 3.71. The fourth-order valence-electron chi connectivity index (χ4n) is 2.74. The Hall–Kier alpha value is -2.45. The molecule has 0 unspecified atom stereocenters. The molecule has 6 nitrogen and oxygen atoms in total. The van der Waals surface area contributed by atoms with Crippen molar-refractivity contribution in [2.24, 2.45) is 0 Å². The summed E-state index contributed by atoms with van der Waals surface area (Å²) in [5, 5.41) is 7.71. The van der Waals surface area contributed by atoms with Gasteiger partial charge in [-0.3, -0.25) is 4.79 Å². The summed E-state index contributed by atoms with van der Waals surface area (Å²) in [4.78, 5) is 24.2. The van der Waals surface area contributed by atoms with Gasteiger partial charge in [0.15, 0.2) is 10.1 Å². The van der Waals surface area contributed by atoms with E-state index in [1.807, 2.05) is 36.6 Å². The molecular formula is C18H17N3O3S2. The summed E-state index contributed by atoms with van der Waals surface area (Å²) in [6, 6.07) is 9.01. The van der Waals surface area contributed by atoms with Crippen LogP contribution in [0.5, 0.6) is 0 Å². The molecule has 0 N–H and O–H groups in total. The number of carbonyl (C=O) groups excluding carboxylic acids is 2. The van der Waals surface area contributed by atoms with Gasteiger partial charge >= 0.3 is 5.97 Å². The number of aryl methyl sites for hydroxylation is 1. The van der Waals surface area contributed by atoms with Gasteiger partial charge in [-0.05, 0) is 44.2 Å². The van der Waals surface area contributed by atoms with Gasteiger partial charge in [0.05, 0.1) is 18.4 Å². The molecule has 0 amide bonds. The van der Waals surface area contributed by atoms with Crippen molar-refractivity contribution in [2.75, 3.05) is 12.9 Å². The van der Waals surface area contributed by atoms with E-state index in [0.717, 1.165) is 21.4 Å². The third-order valence-corrected chi connectivity index (χ3v) is 5.81. The van der Waals surface area contributed by atoms with E-state index < -0.39 is 0 Å². The van der Waals surface area contributed by atoms with E-state index in [1.54, 1.807) is 17.6 Å². The number of rotatable bonds is 6. The summed E-state index contributed by atoms with van der Waals surface area (Å²) in [7, 11) is 1.36. The number of methoxy groups -OCH3 is 1. The largest absolute Gasteiger partial charge is 0.465 e. The number of hydrogen-bond donors (Lipinski definition) is 0. The van der Waals surface area contributed by atoms with Crippen molar-refractivity contribution < 1.29 is 14.3 Å². The molecule has 2 heterocycles. The summed E-state index contributed by atoms with van der Waals surface area (Å²) in [6.45, 7) is 3.87. The molecule has 0 bridgehead atoms. The molecule has 0 spiro atoms. The van der Waals surface area contributed by atoms with Gasteiger partial charge in [-0.25, -0.2) is 4.79 Å². The zero-order chi connectivity index (χ0) is 18.7. The molecule has 8 heteroatoms. The lowest BCUT2D eigenvalue weighted by Gasteiger charge is -2.10. The van der Waals surface area contributed by atoms with Crippen LogP contribution in [0.15, 0.2) is 40.2 Å². The van der Waals surface area contributed by atoms with Gasteiger partial charge in [0.25, 0.3) is 0 Å². The number of benzene rings is 1. The summed E-state index contributed by atoms with van der Waals surface area (Å²) in [5.74, 6) is -0.00128. The smallest absolute Gasteiger partial charge is 0.337 e. The maximum atomic E-state index is 12.6. The lowest BCUT2D eigenvalue weighted by atomic mass is 10.2. The van der Waals surface area contributed by atoms with Gasteiger partial charge in [-0.15, -0.1) is 10.2 Å². The third-order valence-electron chi connectivity index (χ3n) is 3.94. The molecule has 2 aromatic heterocycles. The predicted molar refractivity (Wildman–Crippen MR) is 102 cm³/mol. The van der Waals surface area contributed by atoms with Crippen molar-refractivity contribution in [3.05, 3.63) is 58.4 Å². The molecule has 0 aliphatic heterocycles. The minimum absolute atomic E-state index is 0.0516. The Kier molecular flexibility index (Phi) is 5.53. The standard InChI is InChI=1S/C18H17N3O3S2/c1-11-8-15(16(22)9-25-18-20-19-10-26-18)12(2)21(11)14-6-4-13(5-7-14)17(23)24-3/h4-8,10H,9H2,1-3H3. The van der Waals surface area contributed by atoms with E-state index >= 15 is 0 Å². The van der Waals surface area contributed by atoms with Crippen LogP contribution in [0.2, 0.25) is 0 Å². The molecular weight excluding hydrogens is 370 g/mol. The van der Waals surface area contributed by atoms with Crippen molar-refractivity contribution in [3.8, 4) is 5.69 Å². The maximum Gasteiger partial charge on any atom is 0.337 e. The van der Waals surface area contributed by atoms with Crippen molar-refractivity contribution in [3.63, 3.8) is 0 Å². The fourth-order valence-corrected chi connectivity index (χ4v) is 4.11. The molecule has 134 valence electrons.